The molecule has 10 heteroatoms. The smallest absolute Gasteiger partial charge is 0.387 e. The number of nitrogens with zero attached hydrogens (tertiary/aromatic N) is 2. The average Bonchev–Trinajstić information content (AvgIpc) is 2.59. The predicted octanol–water partition coefficient (Wildman–Crippen LogP) is 3.09. The number of H-pyrrole nitrogens is 1. The Balaban J connectivity index is 2.37. The summed E-state index contributed by atoms with van der Waals surface area (Å²) in [5, 5.41) is 2.74. The molecule has 29 heavy (non-hydrogen) atoms. The van der Waals surface area contributed by atoms with Gasteiger partial charge in [0.2, 0.25) is 5.95 Å². The van der Waals surface area contributed by atoms with Crippen molar-refractivity contribution in [3.63, 3.8) is 0 Å². The molecular formula is C19H23F3N4O3. The number of alkyl halides is 2. The maximum Gasteiger partial charge on any atom is 0.387 e. The fraction of sp³-hybridized carbons (Fsp3) is 0.421. The fourth-order valence-corrected chi connectivity index (χ4v) is 2.67. The molecule has 1 unspecified atom stereocenters. The first-order chi connectivity index (χ1) is 13.4. The van der Waals surface area contributed by atoms with Gasteiger partial charge < -0.3 is 15.0 Å². The number of hydrogen-bond donors (Lipinski definition) is 2. The number of aromatic amines is 1. The summed E-state index contributed by atoms with van der Waals surface area (Å²) in [4.78, 5) is 32.7. The van der Waals surface area contributed by atoms with Gasteiger partial charge in [0.25, 0.3) is 11.5 Å². The Morgan fingerprint density at radius 3 is 2.41 bits per heavy atom. The van der Waals surface area contributed by atoms with Crippen molar-refractivity contribution in [2.45, 2.75) is 33.4 Å². The van der Waals surface area contributed by atoms with Crippen LogP contribution in [0, 0.1) is 11.2 Å². The zero-order valence-corrected chi connectivity index (χ0v) is 16.7. The molecule has 1 atom stereocenters. The number of benzene rings is 1. The third kappa shape index (κ3) is 5.72. The number of carbonyl (C=O) groups excluding carboxylic acids is 1. The molecule has 0 aliphatic rings. The van der Waals surface area contributed by atoms with Crippen molar-refractivity contribution in [2.75, 3.05) is 19.0 Å². The molecule has 0 aliphatic carbocycles. The van der Waals surface area contributed by atoms with Crippen molar-refractivity contribution in [3.8, 4) is 5.75 Å². The molecule has 2 aromatic rings. The van der Waals surface area contributed by atoms with E-state index < -0.39 is 41.1 Å². The van der Waals surface area contributed by atoms with Crippen LogP contribution in [0.3, 0.4) is 0 Å². The molecule has 2 rings (SSSR count). The van der Waals surface area contributed by atoms with Crippen LogP contribution >= 0.6 is 0 Å². The molecule has 0 saturated carbocycles. The zero-order valence-electron chi connectivity index (χ0n) is 16.7. The highest BCUT2D eigenvalue weighted by molar-refractivity contribution is 5.92. The lowest BCUT2D eigenvalue weighted by Gasteiger charge is -2.32. The zero-order chi connectivity index (χ0) is 21.9. The first-order valence-corrected chi connectivity index (χ1v) is 8.72. The molecule has 0 fully saturated rings. The number of halogens is 3. The summed E-state index contributed by atoms with van der Waals surface area (Å²) in [6, 6.07) is 3.87. The molecule has 1 heterocycles. The molecule has 0 spiro atoms. The van der Waals surface area contributed by atoms with Gasteiger partial charge in [0.15, 0.2) is 11.6 Å². The number of carbonyl (C=O) groups is 1. The third-order valence-corrected chi connectivity index (χ3v) is 4.03. The minimum atomic E-state index is -3.15. The second-order valence-corrected chi connectivity index (χ2v) is 7.69. The van der Waals surface area contributed by atoms with Crippen molar-refractivity contribution < 1.29 is 22.7 Å². The quantitative estimate of drug-likeness (QED) is 0.761. The van der Waals surface area contributed by atoms with Gasteiger partial charge in [0.05, 0.1) is 6.04 Å². The van der Waals surface area contributed by atoms with Gasteiger partial charge in [-0.3, -0.25) is 14.6 Å². The Bertz CT molecular complexity index is 939. The number of aromatic nitrogens is 2. The molecule has 0 bridgehead atoms. The Labute approximate surface area is 165 Å². The summed E-state index contributed by atoms with van der Waals surface area (Å²) in [6.45, 7) is 2.29. The van der Waals surface area contributed by atoms with Gasteiger partial charge in [0.1, 0.15) is 5.69 Å². The maximum atomic E-state index is 14.2. The molecule has 158 valence electrons. The van der Waals surface area contributed by atoms with Crippen molar-refractivity contribution in [1.82, 2.24) is 15.3 Å². The first-order valence-electron chi connectivity index (χ1n) is 8.72. The summed E-state index contributed by atoms with van der Waals surface area (Å²) in [5.74, 6) is -1.99. The van der Waals surface area contributed by atoms with Crippen LogP contribution in [0.4, 0.5) is 19.1 Å². The van der Waals surface area contributed by atoms with Crippen LogP contribution in [-0.4, -0.2) is 36.6 Å². The van der Waals surface area contributed by atoms with Crippen LogP contribution in [0.15, 0.2) is 29.1 Å². The molecule has 0 radical (unpaired) electrons. The van der Waals surface area contributed by atoms with E-state index in [4.69, 9.17) is 0 Å². The van der Waals surface area contributed by atoms with Gasteiger partial charge in [-0.2, -0.15) is 8.78 Å². The Kier molecular flexibility index (Phi) is 6.55. The predicted molar refractivity (Wildman–Crippen MR) is 102 cm³/mol. The summed E-state index contributed by atoms with van der Waals surface area (Å²) < 4.78 is 43.0. The normalized spacial score (nSPS) is 12.6. The van der Waals surface area contributed by atoms with Crippen LogP contribution in [0.5, 0.6) is 5.75 Å². The van der Waals surface area contributed by atoms with E-state index in [9.17, 15) is 22.8 Å². The second kappa shape index (κ2) is 8.54. The van der Waals surface area contributed by atoms with E-state index in [1.165, 1.54) is 11.0 Å². The van der Waals surface area contributed by atoms with Crippen molar-refractivity contribution in [2.24, 2.45) is 5.41 Å². The van der Waals surface area contributed by atoms with Gasteiger partial charge in [-0.15, -0.1) is 0 Å². The van der Waals surface area contributed by atoms with Crippen molar-refractivity contribution in [3.05, 3.63) is 51.7 Å². The van der Waals surface area contributed by atoms with Crippen LogP contribution in [-0.2, 0) is 0 Å². The fourth-order valence-electron chi connectivity index (χ4n) is 2.67. The summed E-state index contributed by atoms with van der Waals surface area (Å²) in [6.07, 6.45) is 0. The van der Waals surface area contributed by atoms with Crippen LogP contribution in [0.1, 0.15) is 42.9 Å². The largest absolute Gasteiger partial charge is 0.432 e. The van der Waals surface area contributed by atoms with E-state index >= 15 is 0 Å². The van der Waals surface area contributed by atoms with Gasteiger partial charge in [0, 0.05) is 20.2 Å². The standard InChI is InChI=1S/C19H23F3N4O3/c1-19(2,3)15(10-6-7-13(11(20)8-10)29-17(21)22)25-16(28)12-9-14(27)24-18(23-12)26(4)5/h6-9,15,17H,1-5H3,(H,25,28)(H,23,24,27). The number of hydrogen-bond acceptors (Lipinski definition) is 5. The molecule has 0 saturated heterocycles. The van der Waals surface area contributed by atoms with Crippen LogP contribution in [0.2, 0.25) is 0 Å². The number of anilines is 1. The number of nitrogens with one attached hydrogen (secondary N) is 2. The van der Waals surface area contributed by atoms with Gasteiger partial charge in [-0.1, -0.05) is 26.8 Å². The maximum absolute atomic E-state index is 14.2. The van der Waals surface area contributed by atoms with Crippen LogP contribution < -0.4 is 20.5 Å². The van der Waals surface area contributed by atoms with Crippen molar-refractivity contribution in [1.29, 1.82) is 0 Å². The topological polar surface area (TPSA) is 87.3 Å². The SMILES string of the molecule is CN(C)c1nc(C(=O)NC(c2ccc(OC(F)F)c(F)c2)C(C)(C)C)cc(=O)[nH]1. The molecule has 7 nitrogen and oxygen atoms in total. The number of ether oxygens (including phenoxy) is 1. The highest BCUT2D eigenvalue weighted by atomic mass is 19.3. The lowest BCUT2D eigenvalue weighted by molar-refractivity contribution is -0.0522. The molecule has 1 aromatic carbocycles. The number of amides is 1. The molecule has 1 aromatic heterocycles. The van der Waals surface area contributed by atoms with E-state index in [0.29, 0.717) is 5.56 Å². The Hall–Kier alpha value is -3.04. The first kappa shape index (κ1) is 22.3. The third-order valence-electron chi connectivity index (χ3n) is 4.03. The highest BCUT2D eigenvalue weighted by Gasteiger charge is 2.30. The molecular weight excluding hydrogens is 389 g/mol. The average molecular weight is 412 g/mol. The monoisotopic (exact) mass is 412 g/mol. The van der Waals surface area contributed by atoms with Crippen LogP contribution in [0.25, 0.3) is 0 Å². The number of rotatable bonds is 6. The van der Waals surface area contributed by atoms with E-state index in [0.717, 1.165) is 18.2 Å². The molecule has 1 amide bonds. The summed E-state index contributed by atoms with van der Waals surface area (Å²) >= 11 is 0. The minimum Gasteiger partial charge on any atom is -0.432 e. The van der Waals surface area contributed by atoms with Crippen molar-refractivity contribution >= 4 is 11.9 Å². The van der Waals surface area contributed by atoms with E-state index in [2.05, 4.69) is 20.0 Å². The minimum absolute atomic E-state index is 0.107. The summed E-state index contributed by atoms with van der Waals surface area (Å²) in [5.41, 5.74) is -0.827. The van der Waals surface area contributed by atoms with Gasteiger partial charge in [-0.25, -0.2) is 9.37 Å². The summed E-state index contributed by atoms with van der Waals surface area (Å²) in [7, 11) is 3.31. The van der Waals surface area contributed by atoms with E-state index in [1.807, 2.05) is 20.8 Å². The van der Waals surface area contributed by atoms with E-state index in [-0.39, 0.29) is 11.6 Å². The lowest BCUT2D eigenvalue weighted by atomic mass is 9.82. The van der Waals surface area contributed by atoms with Gasteiger partial charge >= 0.3 is 6.61 Å². The second-order valence-electron chi connectivity index (χ2n) is 7.69. The molecule has 0 aliphatic heterocycles. The van der Waals surface area contributed by atoms with Gasteiger partial charge in [-0.05, 0) is 23.1 Å². The Morgan fingerprint density at radius 2 is 1.90 bits per heavy atom. The van der Waals surface area contributed by atoms with E-state index in [1.54, 1.807) is 14.1 Å². The molecule has 2 N–H and O–H groups in total. The lowest BCUT2D eigenvalue weighted by Crippen LogP contribution is -2.37. The highest BCUT2D eigenvalue weighted by Crippen LogP contribution is 2.35. The Morgan fingerprint density at radius 1 is 1.24 bits per heavy atom.